The Bertz CT molecular complexity index is 481. The normalized spacial score (nSPS) is 10.5. The van der Waals surface area contributed by atoms with E-state index in [-0.39, 0.29) is 5.56 Å². The van der Waals surface area contributed by atoms with Crippen molar-refractivity contribution in [3.05, 3.63) is 70.8 Å². The minimum Gasteiger partial charge on any atom is -0.207 e. The Hall–Kier alpha value is -1.70. The van der Waals surface area contributed by atoms with Crippen molar-refractivity contribution in [2.75, 3.05) is 0 Å². The predicted molar refractivity (Wildman–Crippen MR) is 64.9 cm³/mol. The lowest BCUT2D eigenvalue weighted by Crippen LogP contribution is -1.98. The van der Waals surface area contributed by atoms with Crippen LogP contribution in [0, 0.1) is 18.6 Å². The molecule has 0 aliphatic carbocycles. The van der Waals surface area contributed by atoms with Crippen LogP contribution >= 0.6 is 0 Å². The third kappa shape index (κ3) is 2.90. The summed E-state index contributed by atoms with van der Waals surface area (Å²) in [5.74, 6) is -0.922. The van der Waals surface area contributed by atoms with E-state index in [4.69, 9.17) is 0 Å². The van der Waals surface area contributed by atoms with Crippen molar-refractivity contribution < 1.29 is 8.78 Å². The van der Waals surface area contributed by atoms with Gasteiger partial charge >= 0.3 is 0 Å². The monoisotopic (exact) mass is 232 g/mol. The van der Waals surface area contributed by atoms with Crippen LogP contribution in [-0.2, 0) is 12.8 Å². The second kappa shape index (κ2) is 5.09. The predicted octanol–water partition coefficient (Wildman–Crippen LogP) is 4.06. The summed E-state index contributed by atoms with van der Waals surface area (Å²) in [4.78, 5) is 0. The molecule has 0 aliphatic rings. The Morgan fingerprint density at radius 3 is 2.00 bits per heavy atom. The highest BCUT2D eigenvalue weighted by molar-refractivity contribution is 5.25. The number of rotatable bonds is 3. The van der Waals surface area contributed by atoms with Gasteiger partial charge in [0.05, 0.1) is 0 Å². The molecule has 0 aliphatic heterocycles. The van der Waals surface area contributed by atoms with Crippen LogP contribution in [0.5, 0.6) is 0 Å². The highest BCUT2D eigenvalue weighted by Crippen LogP contribution is 2.15. The van der Waals surface area contributed by atoms with Crippen LogP contribution in [0.4, 0.5) is 8.78 Å². The molecule has 0 heterocycles. The van der Waals surface area contributed by atoms with Gasteiger partial charge in [0.25, 0.3) is 0 Å². The molecular weight excluding hydrogens is 218 g/mol. The molecule has 0 atom stereocenters. The number of aryl methyl sites for hydroxylation is 2. The summed E-state index contributed by atoms with van der Waals surface area (Å²) in [6.07, 6.45) is 1.04. The first-order valence-electron chi connectivity index (χ1n) is 5.65. The Kier molecular flexibility index (Phi) is 3.52. The van der Waals surface area contributed by atoms with Crippen molar-refractivity contribution in [2.45, 2.75) is 19.8 Å². The SMILES string of the molecule is Cc1ccc(CCc2c(F)cccc2F)cc1. The quantitative estimate of drug-likeness (QED) is 0.748. The minimum absolute atomic E-state index is 0.174. The number of benzene rings is 2. The second-order valence-electron chi connectivity index (χ2n) is 4.19. The molecule has 0 bridgehead atoms. The standard InChI is InChI=1S/C15H14F2/c1-11-5-7-12(8-6-11)9-10-13-14(16)3-2-4-15(13)17/h2-8H,9-10H2,1H3. The van der Waals surface area contributed by atoms with Crippen molar-refractivity contribution >= 4 is 0 Å². The van der Waals surface area contributed by atoms with Crippen LogP contribution in [-0.4, -0.2) is 0 Å². The summed E-state index contributed by atoms with van der Waals surface area (Å²) in [6.45, 7) is 2.01. The molecule has 0 spiro atoms. The van der Waals surface area contributed by atoms with Gasteiger partial charge in [-0.25, -0.2) is 8.78 Å². The van der Waals surface area contributed by atoms with Gasteiger partial charge in [-0.05, 0) is 37.5 Å². The molecular formula is C15H14F2. The van der Waals surface area contributed by atoms with Gasteiger partial charge in [-0.15, -0.1) is 0 Å². The van der Waals surface area contributed by atoms with E-state index in [1.54, 1.807) is 0 Å². The van der Waals surface area contributed by atoms with Gasteiger partial charge in [0.2, 0.25) is 0 Å². The van der Waals surface area contributed by atoms with Crippen molar-refractivity contribution in [2.24, 2.45) is 0 Å². The lowest BCUT2D eigenvalue weighted by atomic mass is 10.0. The molecule has 0 unspecified atom stereocenters. The molecule has 2 heteroatoms. The fourth-order valence-corrected chi connectivity index (χ4v) is 1.80. The van der Waals surface area contributed by atoms with E-state index in [1.807, 2.05) is 31.2 Å². The van der Waals surface area contributed by atoms with Gasteiger partial charge in [-0.3, -0.25) is 0 Å². The van der Waals surface area contributed by atoms with E-state index in [2.05, 4.69) is 0 Å². The molecule has 0 nitrogen and oxygen atoms in total. The zero-order valence-electron chi connectivity index (χ0n) is 9.71. The maximum Gasteiger partial charge on any atom is 0.129 e. The van der Waals surface area contributed by atoms with Gasteiger partial charge in [-0.1, -0.05) is 35.9 Å². The lowest BCUT2D eigenvalue weighted by Gasteiger charge is -2.05. The number of halogens is 2. The molecule has 2 aromatic rings. The summed E-state index contributed by atoms with van der Waals surface area (Å²) in [5, 5.41) is 0. The third-order valence-electron chi connectivity index (χ3n) is 2.85. The largest absolute Gasteiger partial charge is 0.207 e. The van der Waals surface area contributed by atoms with Crippen molar-refractivity contribution in [1.82, 2.24) is 0 Å². The van der Waals surface area contributed by atoms with Crippen LogP contribution in [0.15, 0.2) is 42.5 Å². The molecule has 0 saturated heterocycles. The lowest BCUT2D eigenvalue weighted by molar-refractivity contribution is 0.554. The van der Waals surface area contributed by atoms with E-state index in [1.165, 1.54) is 23.8 Å². The molecule has 2 rings (SSSR count). The van der Waals surface area contributed by atoms with Gasteiger partial charge in [0.15, 0.2) is 0 Å². The fourth-order valence-electron chi connectivity index (χ4n) is 1.80. The van der Waals surface area contributed by atoms with E-state index in [9.17, 15) is 8.78 Å². The van der Waals surface area contributed by atoms with Gasteiger partial charge < -0.3 is 0 Å². The molecule has 0 saturated carbocycles. The molecule has 0 aromatic heterocycles. The molecule has 17 heavy (non-hydrogen) atoms. The summed E-state index contributed by atoms with van der Waals surface area (Å²) < 4.78 is 26.8. The van der Waals surface area contributed by atoms with E-state index >= 15 is 0 Å². The maximum absolute atomic E-state index is 13.4. The van der Waals surface area contributed by atoms with Gasteiger partial charge in [0.1, 0.15) is 11.6 Å². The Morgan fingerprint density at radius 1 is 0.824 bits per heavy atom. The number of hydrogen-bond donors (Lipinski definition) is 0. The summed E-state index contributed by atoms with van der Waals surface area (Å²) in [7, 11) is 0. The summed E-state index contributed by atoms with van der Waals surface area (Å²) >= 11 is 0. The average molecular weight is 232 g/mol. The highest BCUT2D eigenvalue weighted by Gasteiger charge is 2.07. The van der Waals surface area contributed by atoms with E-state index < -0.39 is 11.6 Å². The first-order chi connectivity index (χ1) is 8.16. The van der Waals surface area contributed by atoms with Crippen LogP contribution in [0.3, 0.4) is 0 Å². The highest BCUT2D eigenvalue weighted by atomic mass is 19.1. The van der Waals surface area contributed by atoms with Crippen LogP contribution in [0.1, 0.15) is 16.7 Å². The van der Waals surface area contributed by atoms with Gasteiger partial charge in [-0.2, -0.15) is 0 Å². The molecule has 0 N–H and O–H groups in total. The fraction of sp³-hybridized carbons (Fsp3) is 0.200. The third-order valence-corrected chi connectivity index (χ3v) is 2.85. The molecule has 2 aromatic carbocycles. The molecule has 88 valence electrons. The molecule has 0 amide bonds. The van der Waals surface area contributed by atoms with Crippen LogP contribution in [0.25, 0.3) is 0 Å². The Balaban J connectivity index is 2.10. The zero-order valence-corrected chi connectivity index (χ0v) is 9.71. The van der Waals surface area contributed by atoms with E-state index in [0.717, 1.165) is 5.56 Å². The second-order valence-corrected chi connectivity index (χ2v) is 4.19. The summed E-state index contributed by atoms with van der Waals surface area (Å²) in [5.41, 5.74) is 2.46. The molecule has 0 radical (unpaired) electrons. The van der Waals surface area contributed by atoms with Crippen LogP contribution < -0.4 is 0 Å². The van der Waals surface area contributed by atoms with Crippen molar-refractivity contribution in [1.29, 1.82) is 0 Å². The Morgan fingerprint density at radius 2 is 1.41 bits per heavy atom. The maximum atomic E-state index is 13.4. The van der Waals surface area contributed by atoms with E-state index in [0.29, 0.717) is 12.8 Å². The van der Waals surface area contributed by atoms with Crippen molar-refractivity contribution in [3.8, 4) is 0 Å². The van der Waals surface area contributed by atoms with Crippen LogP contribution in [0.2, 0.25) is 0 Å². The molecule has 0 fully saturated rings. The van der Waals surface area contributed by atoms with Gasteiger partial charge in [0, 0.05) is 5.56 Å². The average Bonchev–Trinajstić information content (AvgIpc) is 2.31. The topological polar surface area (TPSA) is 0 Å². The smallest absolute Gasteiger partial charge is 0.129 e. The Labute approximate surface area is 99.9 Å². The summed E-state index contributed by atoms with van der Waals surface area (Å²) in [6, 6.07) is 12.0. The van der Waals surface area contributed by atoms with Crippen molar-refractivity contribution in [3.63, 3.8) is 0 Å². The first-order valence-corrected chi connectivity index (χ1v) is 5.65. The number of hydrogen-bond acceptors (Lipinski definition) is 0. The minimum atomic E-state index is -0.461. The first kappa shape index (κ1) is 11.8. The zero-order chi connectivity index (χ0) is 12.3.